The average molecular weight is 273 g/mol. The van der Waals surface area contributed by atoms with Crippen LogP contribution >= 0.6 is 22.6 Å². The molecule has 0 aromatic heterocycles. The number of ether oxygens (including phenoxy) is 1. The number of rotatable bonds is 5. The number of hydrogen-bond donors (Lipinski definition) is 2. The van der Waals surface area contributed by atoms with Gasteiger partial charge in [0.2, 0.25) is 0 Å². The Kier molecular flexibility index (Phi) is 6.50. The number of halogens is 1. The van der Waals surface area contributed by atoms with Crippen LogP contribution in [-0.4, -0.2) is 28.1 Å². The maximum absolute atomic E-state index is 9.12. The van der Waals surface area contributed by atoms with Crippen molar-refractivity contribution in [3.63, 3.8) is 0 Å². The molecule has 0 radical (unpaired) electrons. The van der Waals surface area contributed by atoms with E-state index in [-0.39, 0.29) is 16.4 Å². The first-order chi connectivity index (χ1) is 5.07. The second-order valence-electron chi connectivity index (χ2n) is 2.47. The second-order valence-corrected chi connectivity index (χ2v) is 3.60. The fourth-order valence-electron chi connectivity index (χ4n) is 0.540. The molecule has 0 heterocycles. The molecule has 0 aromatic rings. The summed E-state index contributed by atoms with van der Waals surface area (Å²) in [6, 6.07) is 0.0726. The Morgan fingerprint density at radius 3 is 2.45 bits per heavy atom. The molecule has 0 amide bonds. The number of nitrogens with one attached hydrogen (secondary N) is 1. The summed E-state index contributed by atoms with van der Waals surface area (Å²) >= 11 is 2.15. The standard InChI is InChI=1S/C7H16INO2/c1-4-11-7(8)9-5(2)6(3)10/h5-7,9-10H,4H2,1-3H3/t5?,6-,7?/m1/s1. The number of hydrogen-bond acceptors (Lipinski definition) is 3. The minimum absolute atomic E-state index is 0.0119. The zero-order valence-electron chi connectivity index (χ0n) is 7.17. The summed E-state index contributed by atoms with van der Waals surface area (Å²) in [5.74, 6) is 0. The SMILES string of the molecule is CCOC(I)NC(C)[C@@H](C)O. The van der Waals surface area contributed by atoms with Crippen LogP contribution in [0.4, 0.5) is 0 Å². The van der Waals surface area contributed by atoms with Crippen molar-refractivity contribution in [3.8, 4) is 0 Å². The van der Waals surface area contributed by atoms with Crippen LogP contribution in [0.5, 0.6) is 0 Å². The van der Waals surface area contributed by atoms with E-state index in [9.17, 15) is 0 Å². The van der Waals surface area contributed by atoms with Gasteiger partial charge in [-0.15, -0.1) is 0 Å². The van der Waals surface area contributed by atoms with Crippen molar-refractivity contribution in [2.45, 2.75) is 37.2 Å². The van der Waals surface area contributed by atoms with Gasteiger partial charge in [0.15, 0.2) is 4.23 Å². The van der Waals surface area contributed by atoms with Gasteiger partial charge in [-0.25, -0.2) is 0 Å². The molecule has 0 aliphatic rings. The molecule has 3 nitrogen and oxygen atoms in total. The number of aliphatic hydroxyl groups excluding tert-OH is 1. The smallest absolute Gasteiger partial charge is 0.160 e. The third-order valence-corrected chi connectivity index (χ3v) is 2.15. The summed E-state index contributed by atoms with van der Waals surface area (Å²) in [6.07, 6.45) is -0.340. The van der Waals surface area contributed by atoms with E-state index in [0.29, 0.717) is 6.61 Å². The summed E-state index contributed by atoms with van der Waals surface area (Å²) in [7, 11) is 0. The van der Waals surface area contributed by atoms with Gasteiger partial charge in [0.1, 0.15) is 0 Å². The van der Waals surface area contributed by atoms with Crippen LogP contribution in [0.1, 0.15) is 20.8 Å². The normalized spacial score (nSPS) is 19.4. The summed E-state index contributed by atoms with van der Waals surface area (Å²) in [5, 5.41) is 12.2. The Morgan fingerprint density at radius 1 is 1.55 bits per heavy atom. The van der Waals surface area contributed by atoms with Gasteiger partial charge in [0.05, 0.1) is 6.10 Å². The summed E-state index contributed by atoms with van der Waals surface area (Å²) in [5.41, 5.74) is 0. The lowest BCUT2D eigenvalue weighted by atomic mass is 10.2. The van der Waals surface area contributed by atoms with Crippen LogP contribution in [0, 0.1) is 0 Å². The third kappa shape index (κ3) is 5.84. The number of aliphatic hydroxyl groups is 1. The molecule has 0 bridgehead atoms. The maximum atomic E-state index is 9.12. The van der Waals surface area contributed by atoms with E-state index in [1.807, 2.05) is 13.8 Å². The molecule has 0 saturated heterocycles. The summed E-state index contributed by atoms with van der Waals surface area (Å²) < 4.78 is 5.22. The topological polar surface area (TPSA) is 41.5 Å². The van der Waals surface area contributed by atoms with E-state index in [4.69, 9.17) is 9.84 Å². The predicted molar refractivity (Wildman–Crippen MR) is 53.7 cm³/mol. The minimum Gasteiger partial charge on any atom is -0.392 e. The van der Waals surface area contributed by atoms with Crippen LogP contribution in [0.15, 0.2) is 0 Å². The lowest BCUT2D eigenvalue weighted by Gasteiger charge is -2.20. The minimum atomic E-state index is -0.340. The molecule has 68 valence electrons. The zero-order valence-corrected chi connectivity index (χ0v) is 9.33. The Balaban J connectivity index is 3.48. The van der Waals surface area contributed by atoms with Crippen LogP contribution in [0.3, 0.4) is 0 Å². The van der Waals surface area contributed by atoms with Gasteiger partial charge in [0.25, 0.3) is 0 Å². The fourth-order valence-corrected chi connectivity index (χ4v) is 1.47. The van der Waals surface area contributed by atoms with Gasteiger partial charge in [-0.05, 0) is 43.4 Å². The van der Waals surface area contributed by atoms with E-state index >= 15 is 0 Å². The number of alkyl halides is 1. The van der Waals surface area contributed by atoms with E-state index in [0.717, 1.165) is 0 Å². The Hall–Kier alpha value is 0.610. The van der Waals surface area contributed by atoms with E-state index in [1.54, 1.807) is 6.92 Å². The summed E-state index contributed by atoms with van der Waals surface area (Å²) in [4.78, 5) is 0. The van der Waals surface area contributed by atoms with Gasteiger partial charge in [-0.1, -0.05) is 0 Å². The first kappa shape index (κ1) is 11.6. The molecule has 2 unspecified atom stereocenters. The summed E-state index contributed by atoms with van der Waals surface area (Å²) in [6.45, 7) is 6.32. The van der Waals surface area contributed by atoms with Crippen molar-refractivity contribution >= 4 is 22.6 Å². The van der Waals surface area contributed by atoms with E-state index in [2.05, 4.69) is 27.9 Å². The van der Waals surface area contributed by atoms with Crippen LogP contribution in [0.2, 0.25) is 0 Å². The molecule has 3 atom stereocenters. The third-order valence-electron chi connectivity index (χ3n) is 1.43. The molecule has 11 heavy (non-hydrogen) atoms. The first-order valence-electron chi connectivity index (χ1n) is 3.77. The molecule has 4 heteroatoms. The highest BCUT2D eigenvalue weighted by Gasteiger charge is 2.11. The maximum Gasteiger partial charge on any atom is 0.160 e. The van der Waals surface area contributed by atoms with Crippen molar-refractivity contribution in [2.24, 2.45) is 0 Å². The molecule has 0 saturated carbocycles. The van der Waals surface area contributed by atoms with Crippen molar-refractivity contribution in [1.29, 1.82) is 0 Å². The predicted octanol–water partition coefficient (Wildman–Crippen LogP) is 1.10. The Bertz CT molecular complexity index is 100. The molecular weight excluding hydrogens is 257 g/mol. The van der Waals surface area contributed by atoms with Gasteiger partial charge < -0.3 is 9.84 Å². The largest absolute Gasteiger partial charge is 0.392 e. The molecule has 0 aliphatic carbocycles. The van der Waals surface area contributed by atoms with Crippen LogP contribution < -0.4 is 5.32 Å². The highest BCUT2D eigenvalue weighted by Crippen LogP contribution is 2.01. The molecular formula is C7H16INO2. The van der Waals surface area contributed by atoms with E-state index in [1.165, 1.54) is 0 Å². The quantitative estimate of drug-likeness (QED) is 0.341. The first-order valence-corrected chi connectivity index (χ1v) is 5.02. The lowest BCUT2D eigenvalue weighted by molar-refractivity contribution is 0.0768. The molecule has 0 aliphatic heterocycles. The highest BCUT2D eigenvalue weighted by molar-refractivity contribution is 14.1. The van der Waals surface area contributed by atoms with Gasteiger partial charge in [-0.2, -0.15) is 0 Å². The molecule has 0 spiro atoms. The average Bonchev–Trinajstić information content (AvgIpc) is 1.87. The van der Waals surface area contributed by atoms with Gasteiger partial charge in [-0.3, -0.25) is 5.32 Å². The van der Waals surface area contributed by atoms with Crippen molar-refractivity contribution < 1.29 is 9.84 Å². The van der Waals surface area contributed by atoms with Gasteiger partial charge in [0, 0.05) is 12.6 Å². The molecule has 0 fully saturated rings. The van der Waals surface area contributed by atoms with Crippen molar-refractivity contribution in [3.05, 3.63) is 0 Å². The van der Waals surface area contributed by atoms with E-state index < -0.39 is 0 Å². The molecule has 0 aromatic carbocycles. The van der Waals surface area contributed by atoms with Crippen LogP contribution in [-0.2, 0) is 4.74 Å². The lowest BCUT2D eigenvalue weighted by Crippen LogP contribution is -2.40. The second kappa shape index (κ2) is 6.16. The van der Waals surface area contributed by atoms with Crippen molar-refractivity contribution in [2.75, 3.05) is 6.61 Å². The van der Waals surface area contributed by atoms with Gasteiger partial charge >= 0.3 is 0 Å². The highest BCUT2D eigenvalue weighted by atomic mass is 127. The molecule has 2 N–H and O–H groups in total. The zero-order chi connectivity index (χ0) is 8.85. The molecule has 0 rings (SSSR count). The van der Waals surface area contributed by atoms with Crippen molar-refractivity contribution in [1.82, 2.24) is 5.32 Å². The fraction of sp³-hybridized carbons (Fsp3) is 1.00. The van der Waals surface area contributed by atoms with Crippen LogP contribution in [0.25, 0.3) is 0 Å². The monoisotopic (exact) mass is 273 g/mol. The Labute approximate surface area is 81.6 Å². The Morgan fingerprint density at radius 2 is 2.09 bits per heavy atom.